The number of aliphatic hydroxyl groups is 1. The maximum absolute atomic E-state index is 12.2. The quantitative estimate of drug-likeness (QED) is 0.757. The van der Waals surface area contributed by atoms with E-state index in [2.05, 4.69) is 5.32 Å². The Morgan fingerprint density at radius 2 is 2.00 bits per heavy atom. The number of ether oxygens (including phenoxy) is 1. The molecule has 1 atom stereocenters. The van der Waals surface area contributed by atoms with E-state index in [0.29, 0.717) is 5.69 Å². The highest BCUT2D eigenvalue weighted by atomic mass is 32.2. The van der Waals surface area contributed by atoms with Gasteiger partial charge in [0.2, 0.25) is 10.0 Å². The molecule has 0 aliphatic carbocycles. The third kappa shape index (κ3) is 3.90. The predicted octanol–water partition coefficient (Wildman–Crippen LogP) is 0.356. The van der Waals surface area contributed by atoms with Crippen LogP contribution in [0.15, 0.2) is 29.2 Å². The Morgan fingerprint density at radius 1 is 1.37 bits per heavy atom. The van der Waals surface area contributed by atoms with Crippen LogP contribution < -0.4 is 5.32 Å². The minimum absolute atomic E-state index is 0.149. The van der Waals surface area contributed by atoms with Crippen molar-refractivity contribution in [3.63, 3.8) is 0 Å². The number of anilines is 1. The molecule has 2 N–H and O–H groups in total. The number of methoxy groups -OCH3 is 1. The van der Waals surface area contributed by atoms with E-state index in [4.69, 9.17) is 4.74 Å². The van der Waals surface area contributed by atoms with Gasteiger partial charge in [-0.3, -0.25) is 0 Å². The molecule has 0 fully saturated rings. The minimum Gasteiger partial charge on any atom is -0.394 e. The molecule has 0 aromatic heterocycles. The van der Waals surface area contributed by atoms with Crippen molar-refractivity contribution in [2.75, 3.05) is 39.7 Å². The molecule has 108 valence electrons. The number of para-hydroxylation sites is 1. The average Bonchev–Trinajstić information content (AvgIpc) is 2.38. The lowest BCUT2D eigenvalue weighted by Crippen LogP contribution is -2.30. The van der Waals surface area contributed by atoms with Gasteiger partial charge in [-0.25, -0.2) is 12.7 Å². The fourth-order valence-corrected chi connectivity index (χ4v) is 2.62. The van der Waals surface area contributed by atoms with E-state index < -0.39 is 10.0 Å². The van der Waals surface area contributed by atoms with Gasteiger partial charge in [-0.1, -0.05) is 12.1 Å². The highest BCUT2D eigenvalue weighted by molar-refractivity contribution is 7.89. The number of rotatable bonds is 7. The van der Waals surface area contributed by atoms with Crippen LogP contribution in [-0.2, 0) is 14.8 Å². The number of hydrogen-bond donors (Lipinski definition) is 2. The molecule has 19 heavy (non-hydrogen) atoms. The molecule has 0 saturated carbocycles. The van der Waals surface area contributed by atoms with Gasteiger partial charge in [-0.2, -0.15) is 0 Å². The molecular weight excluding hydrogens is 268 g/mol. The van der Waals surface area contributed by atoms with Crippen LogP contribution in [0.1, 0.15) is 0 Å². The Labute approximate surface area is 114 Å². The van der Waals surface area contributed by atoms with Crippen molar-refractivity contribution in [2.24, 2.45) is 0 Å². The van der Waals surface area contributed by atoms with Crippen LogP contribution in [0.5, 0.6) is 0 Å². The number of nitrogens with one attached hydrogen (secondary N) is 1. The summed E-state index contributed by atoms with van der Waals surface area (Å²) in [6, 6.07) is 6.22. The molecule has 6 nitrogen and oxygen atoms in total. The summed E-state index contributed by atoms with van der Waals surface area (Å²) in [5.41, 5.74) is 0.451. The largest absolute Gasteiger partial charge is 0.394 e. The Balaban J connectivity index is 3.09. The van der Waals surface area contributed by atoms with Gasteiger partial charge < -0.3 is 15.2 Å². The fourth-order valence-electron chi connectivity index (χ4n) is 1.57. The molecule has 1 rings (SSSR count). The molecule has 7 heteroatoms. The van der Waals surface area contributed by atoms with Crippen LogP contribution in [0.2, 0.25) is 0 Å². The summed E-state index contributed by atoms with van der Waals surface area (Å²) < 4.78 is 30.5. The van der Waals surface area contributed by atoms with Crippen LogP contribution in [0.4, 0.5) is 5.69 Å². The van der Waals surface area contributed by atoms with Gasteiger partial charge in [0, 0.05) is 21.2 Å². The van der Waals surface area contributed by atoms with Gasteiger partial charge in [0.15, 0.2) is 0 Å². The summed E-state index contributed by atoms with van der Waals surface area (Å²) in [5.74, 6) is 0. The molecule has 0 radical (unpaired) electrons. The van der Waals surface area contributed by atoms with Crippen LogP contribution in [-0.4, -0.2) is 58.3 Å². The number of nitrogens with zero attached hydrogens (tertiary/aromatic N) is 1. The summed E-state index contributed by atoms with van der Waals surface area (Å²) >= 11 is 0. The summed E-state index contributed by atoms with van der Waals surface area (Å²) in [5, 5.41) is 12.2. The van der Waals surface area contributed by atoms with Crippen LogP contribution in [0.25, 0.3) is 0 Å². The number of benzene rings is 1. The molecule has 1 aromatic rings. The first-order valence-corrected chi connectivity index (χ1v) is 7.25. The van der Waals surface area contributed by atoms with Gasteiger partial charge in [0.25, 0.3) is 0 Å². The number of hydrogen-bond acceptors (Lipinski definition) is 5. The molecule has 0 heterocycles. The Bertz CT molecular complexity index is 502. The van der Waals surface area contributed by atoms with Crippen molar-refractivity contribution in [3.8, 4) is 0 Å². The Hall–Kier alpha value is -1.15. The van der Waals surface area contributed by atoms with E-state index in [-0.39, 0.29) is 24.2 Å². The van der Waals surface area contributed by atoms with Crippen molar-refractivity contribution in [1.82, 2.24) is 4.31 Å². The maximum atomic E-state index is 12.2. The first kappa shape index (κ1) is 15.9. The average molecular weight is 288 g/mol. The molecular formula is C12H20N2O4S. The molecule has 0 spiro atoms. The molecule has 0 amide bonds. The van der Waals surface area contributed by atoms with Crippen molar-refractivity contribution >= 4 is 15.7 Å². The first-order chi connectivity index (χ1) is 8.93. The van der Waals surface area contributed by atoms with E-state index in [1.165, 1.54) is 27.3 Å². The second-order valence-corrected chi connectivity index (χ2v) is 6.38. The van der Waals surface area contributed by atoms with E-state index in [0.717, 1.165) is 4.31 Å². The molecule has 1 unspecified atom stereocenters. The second-order valence-electron chi connectivity index (χ2n) is 4.26. The summed E-state index contributed by atoms with van der Waals surface area (Å²) in [6.07, 6.45) is 0. The molecule has 0 aliphatic rings. The van der Waals surface area contributed by atoms with Crippen LogP contribution in [0.3, 0.4) is 0 Å². The lowest BCUT2D eigenvalue weighted by molar-refractivity contribution is 0.153. The van der Waals surface area contributed by atoms with E-state index in [9.17, 15) is 13.5 Å². The Morgan fingerprint density at radius 3 is 2.53 bits per heavy atom. The smallest absolute Gasteiger partial charge is 0.244 e. The van der Waals surface area contributed by atoms with Crippen molar-refractivity contribution in [3.05, 3.63) is 24.3 Å². The number of sulfonamides is 1. The standard InChI is InChI=1S/C12H20N2O4S/c1-14(2)19(16,17)12-7-5-4-6-11(12)13-10(8-15)9-18-3/h4-7,10,13,15H,8-9H2,1-3H3. The second kappa shape index (κ2) is 6.85. The molecule has 0 aliphatic heterocycles. The normalized spacial score (nSPS) is 13.5. The zero-order valence-corrected chi connectivity index (χ0v) is 12.1. The van der Waals surface area contributed by atoms with Crippen molar-refractivity contribution in [2.45, 2.75) is 10.9 Å². The van der Waals surface area contributed by atoms with Gasteiger partial charge in [0.05, 0.1) is 24.9 Å². The summed E-state index contributed by atoms with van der Waals surface area (Å²) in [7, 11) is 0.947. The lowest BCUT2D eigenvalue weighted by atomic mass is 10.2. The molecule has 0 saturated heterocycles. The third-order valence-electron chi connectivity index (χ3n) is 2.59. The van der Waals surface area contributed by atoms with E-state index in [1.54, 1.807) is 18.2 Å². The van der Waals surface area contributed by atoms with E-state index >= 15 is 0 Å². The first-order valence-electron chi connectivity index (χ1n) is 5.81. The van der Waals surface area contributed by atoms with Crippen molar-refractivity contribution < 1.29 is 18.3 Å². The maximum Gasteiger partial charge on any atom is 0.244 e. The Kier molecular flexibility index (Phi) is 5.74. The third-order valence-corrected chi connectivity index (χ3v) is 4.47. The highest BCUT2D eigenvalue weighted by Gasteiger charge is 2.21. The minimum atomic E-state index is -3.53. The number of aliphatic hydroxyl groups excluding tert-OH is 1. The predicted molar refractivity (Wildman–Crippen MR) is 73.7 cm³/mol. The summed E-state index contributed by atoms with van der Waals surface area (Å²) in [4.78, 5) is 0.176. The van der Waals surface area contributed by atoms with Gasteiger partial charge >= 0.3 is 0 Å². The molecule has 1 aromatic carbocycles. The monoisotopic (exact) mass is 288 g/mol. The van der Waals surface area contributed by atoms with Gasteiger partial charge in [-0.05, 0) is 12.1 Å². The van der Waals surface area contributed by atoms with Crippen molar-refractivity contribution in [1.29, 1.82) is 0 Å². The van der Waals surface area contributed by atoms with Gasteiger partial charge in [0.1, 0.15) is 4.90 Å². The zero-order chi connectivity index (χ0) is 14.5. The van der Waals surface area contributed by atoms with Crippen LogP contribution >= 0.6 is 0 Å². The summed E-state index contributed by atoms with van der Waals surface area (Å²) in [6.45, 7) is 0.136. The van der Waals surface area contributed by atoms with Crippen LogP contribution in [0, 0.1) is 0 Å². The lowest BCUT2D eigenvalue weighted by Gasteiger charge is -2.20. The zero-order valence-electron chi connectivity index (χ0n) is 11.3. The highest BCUT2D eigenvalue weighted by Crippen LogP contribution is 2.23. The SMILES string of the molecule is COCC(CO)Nc1ccccc1S(=O)(=O)N(C)C. The van der Waals surface area contributed by atoms with E-state index in [1.807, 2.05) is 0 Å². The molecule has 0 bridgehead atoms. The topological polar surface area (TPSA) is 78.9 Å². The van der Waals surface area contributed by atoms with Gasteiger partial charge in [-0.15, -0.1) is 0 Å². The fraction of sp³-hybridized carbons (Fsp3) is 0.500.